The standard InChI is InChI=1S/C15H19FN2O/c1-4-11(9-17)14(19)18-10-15(2,3)12-5-7-13(16)8-6-12/h5-8,11H,4,10H2,1-3H3,(H,18,19). The highest BCUT2D eigenvalue weighted by Crippen LogP contribution is 2.22. The summed E-state index contributed by atoms with van der Waals surface area (Å²) in [6.45, 7) is 6.15. The number of carbonyl (C=O) groups excluding carboxylic acids is 1. The average Bonchev–Trinajstić information content (AvgIpc) is 2.38. The van der Waals surface area contributed by atoms with Crippen LogP contribution in [0.1, 0.15) is 32.8 Å². The highest BCUT2D eigenvalue weighted by molar-refractivity contribution is 5.81. The molecule has 1 rings (SSSR count). The van der Waals surface area contributed by atoms with E-state index in [0.717, 1.165) is 5.56 Å². The Balaban J connectivity index is 2.68. The summed E-state index contributed by atoms with van der Waals surface area (Å²) >= 11 is 0. The number of benzene rings is 1. The number of nitrogens with zero attached hydrogens (tertiary/aromatic N) is 1. The van der Waals surface area contributed by atoms with Gasteiger partial charge in [0.15, 0.2) is 0 Å². The Bertz CT molecular complexity index is 474. The van der Waals surface area contributed by atoms with Gasteiger partial charge in [-0.3, -0.25) is 4.79 Å². The molecule has 0 aliphatic carbocycles. The summed E-state index contributed by atoms with van der Waals surface area (Å²) in [6.07, 6.45) is 0.499. The highest BCUT2D eigenvalue weighted by atomic mass is 19.1. The smallest absolute Gasteiger partial charge is 0.237 e. The lowest BCUT2D eigenvalue weighted by molar-refractivity contribution is -0.123. The fraction of sp³-hybridized carbons (Fsp3) is 0.467. The van der Waals surface area contributed by atoms with Gasteiger partial charge in [-0.15, -0.1) is 0 Å². The Morgan fingerprint density at radius 1 is 1.42 bits per heavy atom. The first kappa shape index (κ1) is 15.2. The largest absolute Gasteiger partial charge is 0.354 e. The van der Waals surface area contributed by atoms with Crippen molar-refractivity contribution >= 4 is 5.91 Å². The summed E-state index contributed by atoms with van der Waals surface area (Å²) in [7, 11) is 0. The Hall–Kier alpha value is -1.89. The second-order valence-corrected chi connectivity index (χ2v) is 5.20. The van der Waals surface area contributed by atoms with E-state index in [1.54, 1.807) is 19.1 Å². The minimum absolute atomic E-state index is 0.250. The first-order valence-corrected chi connectivity index (χ1v) is 6.34. The predicted molar refractivity (Wildman–Crippen MR) is 71.8 cm³/mol. The van der Waals surface area contributed by atoms with Crippen molar-refractivity contribution in [2.45, 2.75) is 32.6 Å². The number of rotatable bonds is 5. The number of hydrogen-bond donors (Lipinski definition) is 1. The molecule has 1 unspecified atom stereocenters. The lowest BCUT2D eigenvalue weighted by Gasteiger charge is -2.26. The van der Waals surface area contributed by atoms with Gasteiger partial charge in [-0.05, 0) is 24.1 Å². The number of nitriles is 1. The summed E-state index contributed by atoms with van der Waals surface area (Å²) < 4.78 is 12.9. The van der Waals surface area contributed by atoms with Gasteiger partial charge in [0.1, 0.15) is 11.7 Å². The summed E-state index contributed by atoms with van der Waals surface area (Å²) in [5, 5.41) is 11.6. The van der Waals surface area contributed by atoms with E-state index >= 15 is 0 Å². The molecule has 0 bridgehead atoms. The maximum Gasteiger partial charge on any atom is 0.237 e. The molecular weight excluding hydrogens is 243 g/mol. The van der Waals surface area contributed by atoms with Crippen molar-refractivity contribution in [3.05, 3.63) is 35.6 Å². The molecule has 1 aromatic rings. The lowest BCUT2D eigenvalue weighted by atomic mass is 9.84. The molecule has 102 valence electrons. The van der Waals surface area contributed by atoms with Crippen molar-refractivity contribution < 1.29 is 9.18 Å². The highest BCUT2D eigenvalue weighted by Gasteiger charge is 2.23. The van der Waals surface area contributed by atoms with E-state index in [9.17, 15) is 9.18 Å². The SMILES string of the molecule is CCC(C#N)C(=O)NCC(C)(C)c1ccc(F)cc1. The van der Waals surface area contributed by atoms with Gasteiger partial charge in [0.2, 0.25) is 5.91 Å². The maximum absolute atomic E-state index is 12.9. The van der Waals surface area contributed by atoms with Crippen LogP contribution in [0, 0.1) is 23.1 Å². The second-order valence-electron chi connectivity index (χ2n) is 5.20. The summed E-state index contributed by atoms with van der Waals surface area (Å²) in [4.78, 5) is 11.7. The average molecular weight is 262 g/mol. The predicted octanol–water partition coefficient (Wildman–Crippen LogP) is 2.77. The summed E-state index contributed by atoms with van der Waals surface area (Å²) in [5.41, 5.74) is 0.635. The van der Waals surface area contributed by atoms with Crippen molar-refractivity contribution in [1.29, 1.82) is 5.26 Å². The molecule has 1 N–H and O–H groups in total. The van der Waals surface area contributed by atoms with Crippen molar-refractivity contribution in [2.75, 3.05) is 6.54 Å². The van der Waals surface area contributed by atoms with Crippen molar-refractivity contribution in [3.63, 3.8) is 0 Å². The first-order chi connectivity index (χ1) is 8.90. The van der Waals surface area contributed by atoms with Crippen LogP contribution in [0.2, 0.25) is 0 Å². The molecule has 0 saturated carbocycles. The minimum atomic E-state index is -0.607. The number of carbonyl (C=O) groups is 1. The van der Waals surface area contributed by atoms with Crippen LogP contribution in [-0.4, -0.2) is 12.5 Å². The van der Waals surface area contributed by atoms with Crippen molar-refractivity contribution in [1.82, 2.24) is 5.32 Å². The monoisotopic (exact) mass is 262 g/mol. The molecule has 1 amide bonds. The fourth-order valence-corrected chi connectivity index (χ4v) is 1.77. The van der Waals surface area contributed by atoms with Crippen LogP contribution >= 0.6 is 0 Å². The van der Waals surface area contributed by atoms with E-state index in [0.29, 0.717) is 13.0 Å². The van der Waals surface area contributed by atoms with Crippen LogP contribution in [0.3, 0.4) is 0 Å². The van der Waals surface area contributed by atoms with Crippen LogP contribution in [0.5, 0.6) is 0 Å². The summed E-state index contributed by atoms with van der Waals surface area (Å²) in [5.74, 6) is -1.14. The lowest BCUT2D eigenvalue weighted by Crippen LogP contribution is -2.39. The van der Waals surface area contributed by atoms with Gasteiger partial charge in [0.25, 0.3) is 0 Å². The van der Waals surface area contributed by atoms with Gasteiger partial charge in [0, 0.05) is 12.0 Å². The van der Waals surface area contributed by atoms with Crippen molar-refractivity contribution in [2.24, 2.45) is 5.92 Å². The molecule has 0 aliphatic rings. The van der Waals surface area contributed by atoms with Gasteiger partial charge in [-0.1, -0.05) is 32.9 Å². The third-order valence-corrected chi connectivity index (χ3v) is 3.21. The van der Waals surface area contributed by atoms with E-state index in [1.165, 1.54) is 12.1 Å². The minimum Gasteiger partial charge on any atom is -0.354 e. The molecule has 0 spiro atoms. The Kier molecular flexibility index (Phi) is 5.05. The number of hydrogen-bond acceptors (Lipinski definition) is 2. The van der Waals surface area contributed by atoms with Crippen LogP contribution in [-0.2, 0) is 10.2 Å². The molecule has 19 heavy (non-hydrogen) atoms. The normalized spacial score (nSPS) is 12.6. The molecule has 0 aliphatic heterocycles. The van der Waals surface area contributed by atoms with E-state index < -0.39 is 5.92 Å². The molecule has 4 heteroatoms. The van der Waals surface area contributed by atoms with E-state index in [1.807, 2.05) is 19.9 Å². The molecule has 0 aromatic heterocycles. The molecule has 1 atom stereocenters. The zero-order valence-corrected chi connectivity index (χ0v) is 11.5. The second kappa shape index (κ2) is 6.33. The van der Waals surface area contributed by atoms with Crippen molar-refractivity contribution in [3.8, 4) is 6.07 Å². The first-order valence-electron chi connectivity index (χ1n) is 6.34. The van der Waals surface area contributed by atoms with Gasteiger partial charge >= 0.3 is 0 Å². The third kappa shape index (κ3) is 4.06. The number of nitrogens with one attached hydrogen (secondary N) is 1. The quantitative estimate of drug-likeness (QED) is 0.887. The zero-order valence-electron chi connectivity index (χ0n) is 11.5. The van der Waals surface area contributed by atoms with E-state index in [4.69, 9.17) is 5.26 Å². The molecule has 0 radical (unpaired) electrons. The van der Waals surface area contributed by atoms with Crippen LogP contribution in [0.4, 0.5) is 4.39 Å². The Morgan fingerprint density at radius 2 is 2.00 bits per heavy atom. The molecule has 1 aromatic carbocycles. The Morgan fingerprint density at radius 3 is 2.47 bits per heavy atom. The van der Waals surface area contributed by atoms with Crippen LogP contribution < -0.4 is 5.32 Å². The summed E-state index contributed by atoms with van der Waals surface area (Å²) in [6, 6.07) is 8.21. The molecule has 0 heterocycles. The Labute approximate surface area is 113 Å². The molecule has 0 saturated heterocycles. The number of amides is 1. The fourth-order valence-electron chi connectivity index (χ4n) is 1.77. The van der Waals surface area contributed by atoms with Gasteiger partial charge < -0.3 is 5.32 Å². The van der Waals surface area contributed by atoms with Gasteiger partial charge in [-0.2, -0.15) is 5.26 Å². The van der Waals surface area contributed by atoms with Gasteiger partial charge in [-0.25, -0.2) is 4.39 Å². The van der Waals surface area contributed by atoms with Crippen LogP contribution in [0.25, 0.3) is 0 Å². The van der Waals surface area contributed by atoms with Crippen LogP contribution in [0.15, 0.2) is 24.3 Å². The van der Waals surface area contributed by atoms with Gasteiger partial charge in [0.05, 0.1) is 6.07 Å². The maximum atomic E-state index is 12.9. The molecule has 3 nitrogen and oxygen atoms in total. The topological polar surface area (TPSA) is 52.9 Å². The zero-order chi connectivity index (χ0) is 14.5. The third-order valence-electron chi connectivity index (χ3n) is 3.21. The number of halogens is 1. The molecule has 0 fully saturated rings. The van der Waals surface area contributed by atoms with E-state index in [-0.39, 0.29) is 17.1 Å². The molecular formula is C15H19FN2O. The van der Waals surface area contributed by atoms with E-state index in [2.05, 4.69) is 5.32 Å².